The van der Waals surface area contributed by atoms with Gasteiger partial charge in [0.2, 0.25) is 0 Å². The minimum Gasteiger partial charge on any atom is -0.365 e. The Hall–Kier alpha value is -3.74. The molecule has 2 aromatic carbocycles. The number of hydrogen-bond donors (Lipinski definition) is 0. The van der Waals surface area contributed by atoms with Crippen molar-refractivity contribution in [3.63, 3.8) is 0 Å². The summed E-state index contributed by atoms with van der Waals surface area (Å²) in [4.78, 5) is 22.1. The third-order valence-electron chi connectivity index (χ3n) is 6.14. The van der Waals surface area contributed by atoms with Crippen LogP contribution < -0.4 is 4.90 Å². The van der Waals surface area contributed by atoms with Crippen LogP contribution in [0, 0.1) is 13.8 Å². The summed E-state index contributed by atoms with van der Waals surface area (Å²) in [6.45, 7) is 8.47. The van der Waals surface area contributed by atoms with Gasteiger partial charge in [0, 0.05) is 43.1 Å². The summed E-state index contributed by atoms with van der Waals surface area (Å²) in [5, 5.41) is 8.48. The molecule has 1 fully saturated rings. The maximum atomic E-state index is 13.4. The van der Waals surface area contributed by atoms with Crippen molar-refractivity contribution in [2.75, 3.05) is 24.5 Å². The molecule has 7 nitrogen and oxygen atoms in total. The van der Waals surface area contributed by atoms with Crippen molar-refractivity contribution in [2.24, 2.45) is 0 Å². The Morgan fingerprint density at radius 2 is 1.91 bits per heavy atom. The van der Waals surface area contributed by atoms with Gasteiger partial charge < -0.3 is 9.80 Å². The van der Waals surface area contributed by atoms with Crippen LogP contribution in [0.15, 0.2) is 60.8 Å². The first kappa shape index (κ1) is 20.2. The minimum atomic E-state index is 0.0411. The normalized spacial score (nSPS) is 16.5. The van der Waals surface area contributed by atoms with Gasteiger partial charge >= 0.3 is 0 Å². The van der Waals surface area contributed by atoms with Crippen LogP contribution >= 0.6 is 0 Å². The summed E-state index contributed by atoms with van der Waals surface area (Å²) in [7, 11) is 0. The van der Waals surface area contributed by atoms with Gasteiger partial charge in [-0.3, -0.25) is 4.79 Å². The highest BCUT2D eigenvalue weighted by atomic mass is 16.2. The molecule has 7 heteroatoms. The molecule has 0 spiro atoms. The fourth-order valence-corrected chi connectivity index (χ4v) is 4.41. The van der Waals surface area contributed by atoms with Gasteiger partial charge in [-0.1, -0.05) is 23.4 Å². The van der Waals surface area contributed by atoms with Gasteiger partial charge in [-0.05, 0) is 68.3 Å². The second kappa shape index (κ2) is 8.07. The average molecular weight is 427 g/mol. The van der Waals surface area contributed by atoms with E-state index in [2.05, 4.69) is 58.3 Å². The summed E-state index contributed by atoms with van der Waals surface area (Å²) in [6, 6.07) is 18.3. The van der Waals surface area contributed by atoms with Crippen molar-refractivity contribution >= 4 is 22.8 Å². The molecular formula is C25H26N6O. The van der Waals surface area contributed by atoms with Gasteiger partial charge in [-0.2, -0.15) is 4.68 Å². The summed E-state index contributed by atoms with van der Waals surface area (Å²) in [5.41, 5.74) is 6.36. The first-order chi connectivity index (χ1) is 15.5. The molecule has 0 N–H and O–H groups in total. The topological polar surface area (TPSA) is 67.2 Å². The van der Waals surface area contributed by atoms with E-state index in [1.807, 2.05) is 42.2 Å². The number of aryl methyl sites for hydroxylation is 2. The Bertz CT molecular complexity index is 1300. The standard InChI is InChI=1S/C25H26N6O/c1-17-6-4-7-21(14-17)30-13-12-29(16-19(30)3)25(32)20-10-9-18(2)23(15-20)31-24-22(27-28-31)8-5-11-26-24/h4-11,14-15,19H,12-13,16H2,1-3H3. The van der Waals surface area contributed by atoms with Crippen LogP contribution in [0.4, 0.5) is 5.69 Å². The Kier molecular flexibility index (Phi) is 5.09. The van der Waals surface area contributed by atoms with E-state index in [0.717, 1.165) is 23.3 Å². The number of amides is 1. The number of anilines is 1. The Balaban J connectivity index is 1.39. The number of rotatable bonds is 3. The SMILES string of the molecule is Cc1cccc(N2CCN(C(=O)c3ccc(C)c(-n4nnc5cccnc54)c3)CC2C)c1. The highest BCUT2D eigenvalue weighted by molar-refractivity contribution is 5.95. The lowest BCUT2D eigenvalue weighted by Gasteiger charge is -2.41. The number of carbonyl (C=O) groups is 1. The van der Waals surface area contributed by atoms with Crippen molar-refractivity contribution in [2.45, 2.75) is 26.8 Å². The summed E-state index contributed by atoms with van der Waals surface area (Å²) >= 11 is 0. The first-order valence-corrected chi connectivity index (χ1v) is 10.9. The van der Waals surface area contributed by atoms with Crippen molar-refractivity contribution in [1.82, 2.24) is 24.9 Å². The van der Waals surface area contributed by atoms with Crippen molar-refractivity contribution in [1.29, 1.82) is 0 Å². The second-order valence-electron chi connectivity index (χ2n) is 8.48. The van der Waals surface area contributed by atoms with Crippen LogP contribution in [0.25, 0.3) is 16.9 Å². The van der Waals surface area contributed by atoms with E-state index in [-0.39, 0.29) is 11.9 Å². The average Bonchev–Trinajstić information content (AvgIpc) is 3.23. The van der Waals surface area contributed by atoms with Gasteiger partial charge in [0.05, 0.1) is 5.69 Å². The van der Waals surface area contributed by atoms with E-state index in [9.17, 15) is 4.79 Å². The maximum absolute atomic E-state index is 13.4. The number of aromatic nitrogens is 4. The van der Waals surface area contributed by atoms with Gasteiger partial charge in [0.25, 0.3) is 5.91 Å². The minimum absolute atomic E-state index is 0.0411. The predicted molar refractivity (Wildman–Crippen MR) is 125 cm³/mol. The van der Waals surface area contributed by atoms with E-state index in [0.29, 0.717) is 24.3 Å². The third kappa shape index (κ3) is 3.60. The second-order valence-corrected chi connectivity index (χ2v) is 8.48. The lowest BCUT2D eigenvalue weighted by molar-refractivity contribution is 0.0726. The summed E-state index contributed by atoms with van der Waals surface area (Å²) in [6.07, 6.45) is 1.72. The lowest BCUT2D eigenvalue weighted by Crippen LogP contribution is -2.53. The van der Waals surface area contributed by atoms with Crippen LogP contribution in [-0.2, 0) is 0 Å². The molecule has 32 heavy (non-hydrogen) atoms. The Labute approximate surface area is 187 Å². The Morgan fingerprint density at radius 3 is 2.72 bits per heavy atom. The molecule has 0 aliphatic carbocycles. The highest BCUT2D eigenvalue weighted by Crippen LogP contribution is 2.24. The number of fused-ring (bicyclic) bond motifs is 1. The van der Waals surface area contributed by atoms with Crippen LogP contribution in [0.2, 0.25) is 0 Å². The van der Waals surface area contributed by atoms with Crippen molar-refractivity contribution < 1.29 is 4.79 Å². The zero-order valence-electron chi connectivity index (χ0n) is 18.6. The van der Waals surface area contributed by atoms with Gasteiger partial charge in [-0.25, -0.2) is 4.98 Å². The third-order valence-corrected chi connectivity index (χ3v) is 6.14. The van der Waals surface area contributed by atoms with E-state index in [1.54, 1.807) is 10.9 Å². The molecule has 1 saturated heterocycles. The van der Waals surface area contributed by atoms with Crippen LogP contribution in [0.3, 0.4) is 0 Å². The summed E-state index contributed by atoms with van der Waals surface area (Å²) in [5.74, 6) is 0.0411. The number of carbonyl (C=O) groups excluding carboxylic acids is 1. The lowest BCUT2D eigenvalue weighted by atomic mass is 10.1. The van der Waals surface area contributed by atoms with Crippen LogP contribution in [0.5, 0.6) is 0 Å². The smallest absolute Gasteiger partial charge is 0.254 e. The van der Waals surface area contributed by atoms with Crippen molar-refractivity contribution in [3.8, 4) is 5.69 Å². The number of hydrogen-bond acceptors (Lipinski definition) is 5. The molecule has 162 valence electrons. The molecule has 0 bridgehead atoms. The number of pyridine rings is 1. The zero-order chi connectivity index (χ0) is 22.2. The number of piperazine rings is 1. The highest BCUT2D eigenvalue weighted by Gasteiger charge is 2.28. The summed E-state index contributed by atoms with van der Waals surface area (Å²) < 4.78 is 1.71. The quantitative estimate of drug-likeness (QED) is 0.499. The molecule has 1 unspecified atom stereocenters. The first-order valence-electron chi connectivity index (χ1n) is 10.9. The maximum Gasteiger partial charge on any atom is 0.254 e. The fourth-order valence-electron chi connectivity index (χ4n) is 4.41. The molecule has 1 atom stereocenters. The molecule has 0 saturated carbocycles. The Morgan fingerprint density at radius 1 is 1.03 bits per heavy atom. The number of nitrogens with zero attached hydrogens (tertiary/aromatic N) is 6. The van der Waals surface area contributed by atoms with Crippen LogP contribution in [0.1, 0.15) is 28.4 Å². The van der Waals surface area contributed by atoms with E-state index in [1.165, 1.54) is 11.3 Å². The molecule has 4 aromatic rings. The van der Waals surface area contributed by atoms with Crippen LogP contribution in [-0.4, -0.2) is 56.5 Å². The largest absolute Gasteiger partial charge is 0.365 e. The van der Waals surface area contributed by atoms with Gasteiger partial charge in [-0.15, -0.1) is 5.10 Å². The zero-order valence-corrected chi connectivity index (χ0v) is 18.6. The monoisotopic (exact) mass is 426 g/mol. The molecule has 5 rings (SSSR count). The molecule has 3 heterocycles. The van der Waals surface area contributed by atoms with Crippen molar-refractivity contribution in [3.05, 3.63) is 77.5 Å². The molecular weight excluding hydrogens is 400 g/mol. The van der Waals surface area contributed by atoms with E-state index >= 15 is 0 Å². The van der Waals surface area contributed by atoms with Gasteiger partial charge in [0.15, 0.2) is 5.65 Å². The molecule has 2 aromatic heterocycles. The fraction of sp³-hybridized carbons (Fsp3) is 0.280. The van der Waals surface area contributed by atoms with E-state index in [4.69, 9.17) is 0 Å². The van der Waals surface area contributed by atoms with Gasteiger partial charge in [0.1, 0.15) is 5.52 Å². The molecule has 0 radical (unpaired) electrons. The molecule has 1 aliphatic heterocycles. The van der Waals surface area contributed by atoms with E-state index < -0.39 is 0 Å². The molecule has 1 aliphatic rings. The number of benzene rings is 2. The molecule has 1 amide bonds. The predicted octanol–water partition coefficient (Wildman–Crippen LogP) is 3.78.